The van der Waals surface area contributed by atoms with E-state index in [1.54, 1.807) is 0 Å². The second kappa shape index (κ2) is 4.48. The van der Waals surface area contributed by atoms with Crippen LogP contribution in [0.3, 0.4) is 0 Å². The molecular formula is C16H22N4. The minimum absolute atomic E-state index is 0.655. The summed E-state index contributed by atoms with van der Waals surface area (Å²) in [4.78, 5) is 7.35. The second-order valence-corrected chi connectivity index (χ2v) is 6.38. The highest BCUT2D eigenvalue weighted by Crippen LogP contribution is 2.41. The van der Waals surface area contributed by atoms with E-state index >= 15 is 0 Å². The van der Waals surface area contributed by atoms with Gasteiger partial charge >= 0.3 is 0 Å². The van der Waals surface area contributed by atoms with Crippen molar-refractivity contribution in [2.75, 3.05) is 19.3 Å². The number of fused-ring (bicyclic) bond motifs is 1. The van der Waals surface area contributed by atoms with Crippen LogP contribution >= 0.6 is 0 Å². The Hall–Kier alpha value is -1.55. The van der Waals surface area contributed by atoms with E-state index < -0.39 is 0 Å². The van der Waals surface area contributed by atoms with Crippen molar-refractivity contribution in [3.8, 4) is 0 Å². The Morgan fingerprint density at radius 2 is 2.15 bits per heavy atom. The number of anilines is 1. The Morgan fingerprint density at radius 1 is 1.30 bits per heavy atom. The van der Waals surface area contributed by atoms with Crippen molar-refractivity contribution in [1.82, 2.24) is 14.5 Å². The Bertz CT molecular complexity index is 641. The molecule has 0 amide bonds. The standard InChI is InChI=1S/C16H22N4/c1-19-8-2-3-13(19)10-20-15-7-6-12(17)9-14(15)18-16(20)11-4-5-11/h6-7,9,11,13H,2-5,8,10,17H2,1H3. The average molecular weight is 270 g/mol. The predicted octanol–water partition coefficient (Wildman–Crippen LogP) is 2.59. The molecule has 2 aliphatic rings. The predicted molar refractivity (Wildman–Crippen MR) is 81.8 cm³/mol. The number of likely N-dealkylation sites (N-methyl/N-ethyl adjacent to an activating group) is 1. The third kappa shape index (κ3) is 1.99. The van der Waals surface area contributed by atoms with E-state index in [1.165, 1.54) is 43.6 Å². The molecule has 2 N–H and O–H groups in total. The van der Waals surface area contributed by atoms with Gasteiger partial charge in [-0.2, -0.15) is 0 Å². The van der Waals surface area contributed by atoms with Crippen molar-refractivity contribution in [1.29, 1.82) is 0 Å². The van der Waals surface area contributed by atoms with E-state index in [4.69, 9.17) is 10.7 Å². The third-order valence-corrected chi connectivity index (χ3v) is 4.81. The van der Waals surface area contributed by atoms with E-state index in [0.717, 1.165) is 17.7 Å². The molecule has 2 heterocycles. The monoisotopic (exact) mass is 270 g/mol. The van der Waals surface area contributed by atoms with E-state index in [1.807, 2.05) is 12.1 Å². The zero-order valence-electron chi connectivity index (χ0n) is 12.0. The lowest BCUT2D eigenvalue weighted by Gasteiger charge is -2.21. The Balaban J connectivity index is 1.77. The van der Waals surface area contributed by atoms with Gasteiger partial charge < -0.3 is 15.2 Å². The molecule has 20 heavy (non-hydrogen) atoms. The van der Waals surface area contributed by atoms with Crippen molar-refractivity contribution in [2.24, 2.45) is 0 Å². The van der Waals surface area contributed by atoms with Crippen LogP contribution in [0.2, 0.25) is 0 Å². The van der Waals surface area contributed by atoms with Gasteiger partial charge in [-0.15, -0.1) is 0 Å². The molecule has 2 aromatic rings. The summed E-state index contributed by atoms with van der Waals surface area (Å²) in [6.45, 7) is 2.30. The quantitative estimate of drug-likeness (QED) is 0.872. The van der Waals surface area contributed by atoms with Crippen LogP contribution in [-0.4, -0.2) is 34.1 Å². The van der Waals surface area contributed by atoms with Crippen molar-refractivity contribution >= 4 is 16.7 Å². The van der Waals surface area contributed by atoms with Gasteiger partial charge in [0.25, 0.3) is 0 Å². The molecule has 1 unspecified atom stereocenters. The topological polar surface area (TPSA) is 47.1 Å². The summed E-state index contributed by atoms with van der Waals surface area (Å²) >= 11 is 0. The van der Waals surface area contributed by atoms with E-state index in [2.05, 4.69) is 22.6 Å². The highest BCUT2D eigenvalue weighted by Gasteiger charge is 2.31. The van der Waals surface area contributed by atoms with Crippen LogP contribution < -0.4 is 5.73 Å². The lowest BCUT2D eigenvalue weighted by atomic mass is 10.2. The molecule has 0 spiro atoms. The molecule has 0 radical (unpaired) electrons. The molecule has 1 saturated heterocycles. The van der Waals surface area contributed by atoms with Gasteiger partial charge in [0, 0.05) is 24.2 Å². The smallest absolute Gasteiger partial charge is 0.113 e. The molecule has 2 fully saturated rings. The first-order chi connectivity index (χ1) is 9.72. The highest BCUT2D eigenvalue weighted by molar-refractivity contribution is 5.80. The van der Waals surface area contributed by atoms with Crippen LogP contribution in [0.25, 0.3) is 11.0 Å². The summed E-state index contributed by atoms with van der Waals surface area (Å²) in [6, 6.07) is 6.80. The van der Waals surface area contributed by atoms with Crippen LogP contribution in [-0.2, 0) is 6.54 Å². The molecule has 1 aromatic heterocycles. The number of hydrogen-bond acceptors (Lipinski definition) is 3. The summed E-state index contributed by atoms with van der Waals surface area (Å²) in [5, 5.41) is 0. The van der Waals surface area contributed by atoms with Crippen LogP contribution in [0.15, 0.2) is 18.2 Å². The lowest BCUT2D eigenvalue weighted by Crippen LogP contribution is -2.29. The molecular weight excluding hydrogens is 248 g/mol. The maximum absolute atomic E-state index is 5.90. The molecule has 1 saturated carbocycles. The zero-order valence-corrected chi connectivity index (χ0v) is 12.0. The fourth-order valence-electron chi connectivity index (χ4n) is 3.43. The Labute approximate surface area is 119 Å². The van der Waals surface area contributed by atoms with Crippen LogP contribution in [0, 0.1) is 0 Å². The number of aromatic nitrogens is 2. The van der Waals surface area contributed by atoms with Gasteiger partial charge in [0.15, 0.2) is 0 Å². The third-order valence-electron chi connectivity index (χ3n) is 4.81. The van der Waals surface area contributed by atoms with Gasteiger partial charge in [-0.3, -0.25) is 0 Å². The molecule has 1 atom stereocenters. The number of likely N-dealkylation sites (tertiary alicyclic amines) is 1. The Kier molecular flexibility index (Phi) is 2.74. The van der Waals surface area contributed by atoms with Crippen molar-refractivity contribution in [2.45, 2.75) is 44.2 Å². The number of nitrogen functional groups attached to an aromatic ring is 1. The number of nitrogens with zero attached hydrogens (tertiary/aromatic N) is 3. The maximum atomic E-state index is 5.90. The molecule has 1 aliphatic heterocycles. The molecule has 4 nitrogen and oxygen atoms in total. The van der Waals surface area contributed by atoms with Crippen LogP contribution in [0.4, 0.5) is 5.69 Å². The van der Waals surface area contributed by atoms with Gasteiger partial charge in [0.1, 0.15) is 5.82 Å². The van der Waals surface area contributed by atoms with E-state index in [-0.39, 0.29) is 0 Å². The number of rotatable bonds is 3. The second-order valence-electron chi connectivity index (χ2n) is 6.38. The van der Waals surface area contributed by atoms with E-state index in [0.29, 0.717) is 12.0 Å². The van der Waals surface area contributed by atoms with Crippen molar-refractivity contribution in [3.05, 3.63) is 24.0 Å². The maximum Gasteiger partial charge on any atom is 0.113 e. The molecule has 0 bridgehead atoms. The lowest BCUT2D eigenvalue weighted by molar-refractivity contribution is 0.282. The first-order valence-corrected chi connectivity index (χ1v) is 7.68. The summed E-state index contributed by atoms with van der Waals surface area (Å²) in [5.41, 5.74) is 9.02. The summed E-state index contributed by atoms with van der Waals surface area (Å²) in [7, 11) is 2.24. The van der Waals surface area contributed by atoms with Gasteiger partial charge in [-0.05, 0) is 57.5 Å². The van der Waals surface area contributed by atoms with Gasteiger partial charge in [0.05, 0.1) is 11.0 Å². The molecule has 4 rings (SSSR count). The number of hydrogen-bond donors (Lipinski definition) is 1. The van der Waals surface area contributed by atoms with Crippen LogP contribution in [0.1, 0.15) is 37.4 Å². The first-order valence-electron chi connectivity index (χ1n) is 7.68. The fourth-order valence-corrected chi connectivity index (χ4v) is 3.43. The average Bonchev–Trinajstić information content (AvgIpc) is 3.11. The Morgan fingerprint density at radius 3 is 2.85 bits per heavy atom. The SMILES string of the molecule is CN1CCCC1Cn1c(C2CC2)nc2cc(N)ccc21. The molecule has 4 heteroatoms. The fraction of sp³-hybridized carbons (Fsp3) is 0.562. The van der Waals surface area contributed by atoms with E-state index in [9.17, 15) is 0 Å². The van der Waals surface area contributed by atoms with Gasteiger partial charge in [0.2, 0.25) is 0 Å². The van der Waals surface area contributed by atoms with Crippen LogP contribution in [0.5, 0.6) is 0 Å². The summed E-state index contributed by atoms with van der Waals surface area (Å²) in [6.07, 6.45) is 5.20. The van der Waals surface area contributed by atoms with Gasteiger partial charge in [-0.25, -0.2) is 4.98 Å². The highest BCUT2D eigenvalue weighted by atomic mass is 15.2. The minimum atomic E-state index is 0.655. The number of nitrogens with two attached hydrogens (primary N) is 1. The molecule has 106 valence electrons. The largest absolute Gasteiger partial charge is 0.399 e. The minimum Gasteiger partial charge on any atom is -0.399 e. The van der Waals surface area contributed by atoms with Gasteiger partial charge in [-0.1, -0.05) is 0 Å². The van der Waals surface area contributed by atoms with Crippen molar-refractivity contribution in [3.63, 3.8) is 0 Å². The number of benzene rings is 1. The summed E-state index contributed by atoms with van der Waals surface area (Å²) in [5.74, 6) is 1.96. The normalized spacial score (nSPS) is 23.8. The molecule has 1 aromatic carbocycles. The zero-order chi connectivity index (χ0) is 13.7. The first kappa shape index (κ1) is 12.2. The van der Waals surface area contributed by atoms with Crippen molar-refractivity contribution < 1.29 is 0 Å². The number of imidazole rings is 1. The molecule has 1 aliphatic carbocycles. The summed E-state index contributed by atoms with van der Waals surface area (Å²) < 4.78 is 2.46.